The van der Waals surface area contributed by atoms with Gasteiger partial charge in [0.25, 0.3) is 0 Å². The van der Waals surface area contributed by atoms with Crippen LogP contribution in [0.5, 0.6) is 0 Å². The molecule has 1 aromatic carbocycles. The third-order valence-corrected chi connectivity index (χ3v) is 3.22. The van der Waals surface area contributed by atoms with Crippen LogP contribution in [0.15, 0.2) is 33.7 Å². The number of carbonyl (C=O) groups excluding carboxylic acids is 2. The Morgan fingerprint density at radius 1 is 1.29 bits per heavy atom. The van der Waals surface area contributed by atoms with Crippen molar-refractivity contribution >= 4 is 39.6 Å². The van der Waals surface area contributed by atoms with Gasteiger partial charge in [0.1, 0.15) is 0 Å². The van der Waals surface area contributed by atoms with Crippen LogP contribution < -0.4 is 0 Å². The SMILES string of the molecule is CCOC(=O)C(C=Nc1ccc(Br)cc1)C(=O)CC(C)C. The Labute approximate surface area is 133 Å². The van der Waals surface area contributed by atoms with Gasteiger partial charge in [0.05, 0.1) is 12.3 Å². The van der Waals surface area contributed by atoms with Crippen LogP contribution in [0.25, 0.3) is 0 Å². The van der Waals surface area contributed by atoms with E-state index in [9.17, 15) is 9.59 Å². The molecule has 0 aliphatic carbocycles. The summed E-state index contributed by atoms with van der Waals surface area (Å²) in [5.74, 6) is -1.44. The van der Waals surface area contributed by atoms with Crippen molar-refractivity contribution in [2.75, 3.05) is 6.61 Å². The molecule has 0 N–H and O–H groups in total. The molecular formula is C16H20BrNO3. The summed E-state index contributed by atoms with van der Waals surface area (Å²) in [6, 6.07) is 7.30. The molecule has 0 saturated heterocycles. The van der Waals surface area contributed by atoms with E-state index in [1.165, 1.54) is 6.21 Å². The number of hydrogen-bond acceptors (Lipinski definition) is 4. The van der Waals surface area contributed by atoms with Gasteiger partial charge in [0.2, 0.25) is 0 Å². The zero-order chi connectivity index (χ0) is 15.8. The Morgan fingerprint density at radius 2 is 1.90 bits per heavy atom. The zero-order valence-corrected chi connectivity index (χ0v) is 14.1. The smallest absolute Gasteiger partial charge is 0.321 e. The van der Waals surface area contributed by atoms with Gasteiger partial charge in [-0.25, -0.2) is 0 Å². The molecule has 0 heterocycles. The van der Waals surface area contributed by atoms with Crippen LogP contribution in [0.1, 0.15) is 27.2 Å². The number of rotatable bonds is 7. The van der Waals surface area contributed by atoms with Crippen LogP contribution in [0.4, 0.5) is 5.69 Å². The lowest BCUT2D eigenvalue weighted by Gasteiger charge is -2.11. The van der Waals surface area contributed by atoms with Gasteiger partial charge in [-0.2, -0.15) is 0 Å². The van der Waals surface area contributed by atoms with E-state index in [2.05, 4.69) is 20.9 Å². The first-order valence-corrected chi connectivity index (χ1v) is 7.72. The van der Waals surface area contributed by atoms with Crippen LogP contribution in [0.2, 0.25) is 0 Å². The lowest BCUT2D eigenvalue weighted by molar-refractivity contribution is -0.148. The van der Waals surface area contributed by atoms with E-state index >= 15 is 0 Å². The number of benzene rings is 1. The van der Waals surface area contributed by atoms with E-state index in [0.29, 0.717) is 12.1 Å². The maximum atomic E-state index is 12.1. The molecule has 0 radical (unpaired) electrons. The number of carbonyl (C=O) groups is 2. The number of ketones is 1. The highest BCUT2D eigenvalue weighted by atomic mass is 79.9. The van der Waals surface area contributed by atoms with Crippen molar-refractivity contribution in [3.63, 3.8) is 0 Å². The molecule has 0 saturated carbocycles. The number of esters is 1. The van der Waals surface area contributed by atoms with Gasteiger partial charge in [-0.15, -0.1) is 0 Å². The van der Waals surface area contributed by atoms with Gasteiger partial charge in [-0.1, -0.05) is 29.8 Å². The highest BCUT2D eigenvalue weighted by molar-refractivity contribution is 9.10. The van der Waals surface area contributed by atoms with Gasteiger partial charge in [-0.3, -0.25) is 14.6 Å². The maximum absolute atomic E-state index is 12.1. The molecule has 0 aromatic heterocycles. The van der Waals surface area contributed by atoms with Crippen LogP contribution >= 0.6 is 15.9 Å². The minimum absolute atomic E-state index is 0.163. The molecule has 0 bridgehead atoms. The van der Waals surface area contributed by atoms with Gasteiger partial charge >= 0.3 is 5.97 Å². The van der Waals surface area contributed by atoms with Crippen molar-refractivity contribution in [2.45, 2.75) is 27.2 Å². The third kappa shape index (κ3) is 6.21. The summed E-state index contributed by atoms with van der Waals surface area (Å²) < 4.78 is 5.90. The predicted octanol–water partition coefficient (Wildman–Crippen LogP) is 3.95. The van der Waals surface area contributed by atoms with Crippen LogP contribution in [0.3, 0.4) is 0 Å². The van der Waals surface area contributed by atoms with Crippen LogP contribution in [-0.2, 0) is 14.3 Å². The van der Waals surface area contributed by atoms with Gasteiger partial charge < -0.3 is 4.74 Å². The fourth-order valence-electron chi connectivity index (χ4n) is 1.72. The second-order valence-electron chi connectivity index (χ2n) is 5.05. The molecule has 1 unspecified atom stereocenters. The van der Waals surface area contributed by atoms with E-state index in [4.69, 9.17) is 4.74 Å². The first-order chi connectivity index (χ1) is 9.93. The molecule has 0 fully saturated rings. The molecular weight excluding hydrogens is 334 g/mol. The molecule has 0 aliphatic rings. The fourth-order valence-corrected chi connectivity index (χ4v) is 1.99. The Kier molecular flexibility index (Phi) is 7.29. The predicted molar refractivity (Wildman–Crippen MR) is 86.9 cm³/mol. The first-order valence-electron chi connectivity index (χ1n) is 6.93. The average Bonchev–Trinajstić information content (AvgIpc) is 2.40. The largest absolute Gasteiger partial charge is 0.465 e. The number of aliphatic imine (C=N–C) groups is 1. The van der Waals surface area contributed by atoms with E-state index in [-0.39, 0.29) is 18.3 Å². The minimum atomic E-state index is -0.934. The average molecular weight is 354 g/mol. The lowest BCUT2D eigenvalue weighted by Crippen LogP contribution is -2.28. The maximum Gasteiger partial charge on any atom is 0.321 e. The van der Waals surface area contributed by atoms with Gasteiger partial charge in [0, 0.05) is 17.1 Å². The van der Waals surface area contributed by atoms with Gasteiger partial charge in [-0.05, 0) is 37.1 Å². The summed E-state index contributed by atoms with van der Waals surface area (Å²) in [4.78, 5) is 28.3. The lowest BCUT2D eigenvalue weighted by atomic mass is 9.97. The first kappa shape index (κ1) is 17.6. The minimum Gasteiger partial charge on any atom is -0.465 e. The van der Waals surface area contributed by atoms with Crippen LogP contribution in [0, 0.1) is 11.8 Å². The number of nitrogens with zero attached hydrogens (tertiary/aromatic N) is 1. The normalized spacial score (nSPS) is 12.6. The van der Waals surface area contributed by atoms with Crippen LogP contribution in [-0.4, -0.2) is 24.6 Å². The van der Waals surface area contributed by atoms with Crippen molar-refractivity contribution in [3.05, 3.63) is 28.7 Å². The summed E-state index contributed by atoms with van der Waals surface area (Å²) in [7, 11) is 0. The Bertz CT molecular complexity index is 509. The molecule has 1 atom stereocenters. The van der Waals surface area contributed by atoms with Crippen molar-refractivity contribution in [3.8, 4) is 0 Å². The Hall–Kier alpha value is -1.49. The van der Waals surface area contributed by atoms with Gasteiger partial charge in [0.15, 0.2) is 11.7 Å². The molecule has 21 heavy (non-hydrogen) atoms. The number of ether oxygens (including phenoxy) is 1. The third-order valence-electron chi connectivity index (χ3n) is 2.70. The summed E-state index contributed by atoms with van der Waals surface area (Å²) >= 11 is 3.34. The summed E-state index contributed by atoms with van der Waals surface area (Å²) in [6.45, 7) is 5.84. The quantitative estimate of drug-likeness (QED) is 0.423. The number of Topliss-reactive ketones (excluding diaryl/α,β-unsaturated/α-hetero) is 1. The summed E-state index contributed by atoms with van der Waals surface area (Å²) in [6.07, 6.45) is 1.71. The second-order valence-corrected chi connectivity index (χ2v) is 5.96. The molecule has 0 aliphatic heterocycles. The number of halogens is 1. The van der Waals surface area contributed by atoms with E-state index in [0.717, 1.165) is 4.47 Å². The highest BCUT2D eigenvalue weighted by Gasteiger charge is 2.26. The Balaban J connectivity index is 2.88. The molecule has 0 amide bonds. The molecule has 1 rings (SSSR count). The topological polar surface area (TPSA) is 55.7 Å². The molecule has 5 heteroatoms. The fraction of sp³-hybridized carbons (Fsp3) is 0.438. The summed E-state index contributed by atoms with van der Waals surface area (Å²) in [5.41, 5.74) is 0.685. The van der Waals surface area contributed by atoms with Crippen molar-refractivity contribution in [1.29, 1.82) is 0 Å². The standard InChI is InChI=1S/C16H20BrNO3/c1-4-21-16(20)14(15(19)9-11(2)3)10-18-13-7-5-12(17)6-8-13/h5-8,10-11,14H,4,9H2,1-3H3. The van der Waals surface area contributed by atoms with E-state index in [1.54, 1.807) is 19.1 Å². The Morgan fingerprint density at radius 3 is 2.43 bits per heavy atom. The van der Waals surface area contributed by atoms with Crippen molar-refractivity contribution in [2.24, 2.45) is 16.8 Å². The molecule has 114 valence electrons. The molecule has 1 aromatic rings. The summed E-state index contributed by atoms with van der Waals surface area (Å²) in [5, 5.41) is 0. The zero-order valence-electron chi connectivity index (χ0n) is 12.5. The number of hydrogen-bond donors (Lipinski definition) is 0. The molecule has 4 nitrogen and oxygen atoms in total. The van der Waals surface area contributed by atoms with E-state index < -0.39 is 11.9 Å². The monoisotopic (exact) mass is 353 g/mol. The van der Waals surface area contributed by atoms with E-state index in [1.807, 2.05) is 26.0 Å². The van der Waals surface area contributed by atoms with Crippen molar-refractivity contribution < 1.29 is 14.3 Å². The molecule has 0 spiro atoms. The highest BCUT2D eigenvalue weighted by Crippen LogP contribution is 2.17. The second kappa shape index (κ2) is 8.72. The van der Waals surface area contributed by atoms with Crippen molar-refractivity contribution in [1.82, 2.24) is 0 Å².